The highest BCUT2D eigenvalue weighted by Crippen LogP contribution is 2.31. The smallest absolute Gasteiger partial charge is 0.290 e. The summed E-state index contributed by atoms with van der Waals surface area (Å²) in [4.78, 5) is 23.3. The number of aromatic nitrogens is 1. The van der Waals surface area contributed by atoms with Crippen LogP contribution in [0.1, 0.15) is 31.9 Å². The second kappa shape index (κ2) is 10.5. The Bertz CT molecular complexity index is 724. The second-order valence-electron chi connectivity index (χ2n) is 6.70. The fourth-order valence-electron chi connectivity index (χ4n) is 3.25. The molecular formula is C20H27N3O4. The van der Waals surface area contributed by atoms with Gasteiger partial charge in [0.2, 0.25) is 11.8 Å². The van der Waals surface area contributed by atoms with E-state index in [4.69, 9.17) is 14.4 Å². The molecular weight excluding hydrogens is 346 g/mol. The van der Waals surface area contributed by atoms with Crippen LogP contribution < -0.4 is 5.32 Å². The molecule has 1 saturated heterocycles. The van der Waals surface area contributed by atoms with Crippen molar-refractivity contribution in [3.63, 3.8) is 0 Å². The summed E-state index contributed by atoms with van der Waals surface area (Å²) in [5, 5.41) is 13.8. The van der Waals surface area contributed by atoms with Crippen LogP contribution in [0, 0.1) is 12.8 Å². The van der Waals surface area contributed by atoms with E-state index < -0.39 is 0 Å². The minimum atomic E-state index is -0.250. The molecule has 1 aromatic carbocycles. The average molecular weight is 373 g/mol. The molecule has 1 aliphatic heterocycles. The molecule has 146 valence electrons. The van der Waals surface area contributed by atoms with Gasteiger partial charge in [-0.05, 0) is 38.4 Å². The number of hydrogen-bond donors (Lipinski definition) is 2. The van der Waals surface area contributed by atoms with Crippen molar-refractivity contribution in [2.75, 3.05) is 25.0 Å². The molecule has 7 nitrogen and oxygen atoms in total. The number of aryl methyl sites for hydroxylation is 1. The molecule has 0 bridgehead atoms. The Balaban J connectivity index is 0.000000817. The lowest BCUT2D eigenvalue weighted by atomic mass is 10.1. The molecule has 1 aromatic heterocycles. The summed E-state index contributed by atoms with van der Waals surface area (Å²) < 4.78 is 5.37. The molecule has 3 rings (SSSR count). The molecule has 1 atom stereocenters. The Labute approximate surface area is 159 Å². The first-order valence-corrected chi connectivity index (χ1v) is 9.19. The molecule has 0 radical (unpaired) electrons. The van der Waals surface area contributed by atoms with Gasteiger partial charge in [0.25, 0.3) is 6.47 Å². The van der Waals surface area contributed by atoms with Crippen molar-refractivity contribution in [3.05, 3.63) is 36.0 Å². The van der Waals surface area contributed by atoms with Gasteiger partial charge in [-0.1, -0.05) is 48.8 Å². The van der Waals surface area contributed by atoms with Gasteiger partial charge >= 0.3 is 0 Å². The zero-order valence-corrected chi connectivity index (χ0v) is 15.9. The van der Waals surface area contributed by atoms with E-state index in [0.717, 1.165) is 36.5 Å². The SMILES string of the molecule is Cc1noc(NC(=O)C(C)CN2CCCCC2)c1-c1ccccc1.O=CO. The first kappa shape index (κ1) is 20.6. The largest absolute Gasteiger partial charge is 0.483 e. The molecule has 1 fully saturated rings. The fourth-order valence-corrected chi connectivity index (χ4v) is 3.25. The van der Waals surface area contributed by atoms with E-state index in [1.165, 1.54) is 19.3 Å². The summed E-state index contributed by atoms with van der Waals surface area (Å²) in [7, 11) is 0. The van der Waals surface area contributed by atoms with Gasteiger partial charge in [0, 0.05) is 12.5 Å². The van der Waals surface area contributed by atoms with Crippen LogP contribution in [0.2, 0.25) is 0 Å². The monoisotopic (exact) mass is 373 g/mol. The highest BCUT2D eigenvalue weighted by atomic mass is 16.5. The van der Waals surface area contributed by atoms with Crippen molar-refractivity contribution in [1.29, 1.82) is 0 Å². The summed E-state index contributed by atoms with van der Waals surface area (Å²) >= 11 is 0. The molecule has 0 saturated carbocycles. The van der Waals surface area contributed by atoms with Gasteiger partial charge in [0.15, 0.2) is 0 Å². The minimum Gasteiger partial charge on any atom is -0.483 e. The highest BCUT2D eigenvalue weighted by Gasteiger charge is 2.22. The van der Waals surface area contributed by atoms with Crippen LogP contribution in [0.4, 0.5) is 5.88 Å². The lowest BCUT2D eigenvalue weighted by Gasteiger charge is -2.28. The third-order valence-electron chi connectivity index (χ3n) is 4.59. The van der Waals surface area contributed by atoms with Crippen LogP contribution in [0.5, 0.6) is 0 Å². The van der Waals surface area contributed by atoms with Gasteiger partial charge in [-0.15, -0.1) is 0 Å². The Morgan fingerprint density at radius 3 is 2.56 bits per heavy atom. The van der Waals surface area contributed by atoms with E-state index >= 15 is 0 Å². The van der Waals surface area contributed by atoms with Gasteiger partial charge < -0.3 is 14.5 Å². The number of hydrogen-bond acceptors (Lipinski definition) is 5. The maximum absolute atomic E-state index is 12.6. The summed E-state index contributed by atoms with van der Waals surface area (Å²) in [6.07, 6.45) is 3.76. The number of carbonyl (C=O) groups is 2. The molecule has 27 heavy (non-hydrogen) atoms. The van der Waals surface area contributed by atoms with Crippen molar-refractivity contribution >= 4 is 18.3 Å². The van der Waals surface area contributed by atoms with E-state index in [1.807, 2.05) is 44.2 Å². The molecule has 2 heterocycles. The second-order valence-corrected chi connectivity index (χ2v) is 6.70. The average Bonchev–Trinajstić information content (AvgIpc) is 3.04. The Morgan fingerprint density at radius 2 is 1.93 bits per heavy atom. The first-order chi connectivity index (χ1) is 13.1. The molecule has 2 aromatic rings. The lowest BCUT2D eigenvalue weighted by molar-refractivity contribution is -0.123. The standard InChI is InChI=1S/C19H25N3O2.CH2O2/c1-14(13-22-11-7-4-8-12-22)18(23)20-19-17(15(2)21-24-19)16-9-5-3-6-10-16;2-1-3/h3,5-6,9-10,14H,4,7-8,11-13H2,1-2H3,(H,20,23);1H,(H,2,3). The minimum absolute atomic E-state index is 0.0195. The van der Waals surface area contributed by atoms with Crippen LogP contribution >= 0.6 is 0 Å². The quantitative estimate of drug-likeness (QED) is 0.780. The number of amides is 1. The highest BCUT2D eigenvalue weighted by molar-refractivity contribution is 5.95. The van der Waals surface area contributed by atoms with Crippen LogP contribution in [0.3, 0.4) is 0 Å². The van der Waals surface area contributed by atoms with Crippen LogP contribution in [-0.4, -0.2) is 47.2 Å². The maximum Gasteiger partial charge on any atom is 0.290 e. The number of benzene rings is 1. The summed E-state index contributed by atoms with van der Waals surface area (Å²) in [6, 6.07) is 9.88. The van der Waals surface area contributed by atoms with E-state index in [9.17, 15) is 4.79 Å². The van der Waals surface area contributed by atoms with Crippen molar-refractivity contribution in [3.8, 4) is 11.1 Å². The molecule has 1 unspecified atom stereocenters. The summed E-state index contributed by atoms with van der Waals surface area (Å²) in [5.41, 5.74) is 2.63. The Morgan fingerprint density at radius 1 is 1.30 bits per heavy atom. The third kappa shape index (κ3) is 5.92. The first-order valence-electron chi connectivity index (χ1n) is 9.19. The van der Waals surface area contributed by atoms with Crippen molar-refractivity contribution < 1.29 is 19.2 Å². The Hall–Kier alpha value is -2.67. The van der Waals surface area contributed by atoms with E-state index in [-0.39, 0.29) is 18.3 Å². The molecule has 0 aliphatic carbocycles. The number of nitrogens with zero attached hydrogens (tertiary/aromatic N) is 2. The van der Waals surface area contributed by atoms with Crippen molar-refractivity contribution in [1.82, 2.24) is 10.1 Å². The molecule has 1 aliphatic rings. The number of piperidine rings is 1. The lowest BCUT2D eigenvalue weighted by Crippen LogP contribution is -2.37. The zero-order valence-electron chi connectivity index (χ0n) is 15.9. The predicted molar refractivity (Wildman–Crippen MR) is 103 cm³/mol. The third-order valence-corrected chi connectivity index (χ3v) is 4.59. The van der Waals surface area contributed by atoms with Crippen LogP contribution in [0.25, 0.3) is 11.1 Å². The van der Waals surface area contributed by atoms with Gasteiger partial charge in [-0.3, -0.25) is 14.9 Å². The molecule has 7 heteroatoms. The van der Waals surface area contributed by atoms with E-state index in [0.29, 0.717) is 5.88 Å². The van der Waals surface area contributed by atoms with Gasteiger partial charge in [0.05, 0.1) is 11.3 Å². The number of carboxylic acid groups (broad SMARTS) is 1. The Kier molecular flexibility index (Phi) is 8.00. The van der Waals surface area contributed by atoms with Crippen LogP contribution in [-0.2, 0) is 9.59 Å². The molecule has 2 N–H and O–H groups in total. The number of anilines is 1. The number of rotatable bonds is 5. The van der Waals surface area contributed by atoms with Crippen molar-refractivity contribution in [2.24, 2.45) is 5.92 Å². The fraction of sp³-hybridized carbons (Fsp3) is 0.450. The topological polar surface area (TPSA) is 95.7 Å². The van der Waals surface area contributed by atoms with Gasteiger partial charge in [0.1, 0.15) is 0 Å². The zero-order chi connectivity index (χ0) is 19.6. The summed E-state index contributed by atoms with van der Waals surface area (Å²) in [6.45, 7) is 6.58. The van der Waals surface area contributed by atoms with E-state index in [1.54, 1.807) is 0 Å². The molecule has 1 amide bonds. The van der Waals surface area contributed by atoms with Crippen molar-refractivity contribution in [2.45, 2.75) is 33.1 Å². The van der Waals surface area contributed by atoms with Crippen LogP contribution in [0.15, 0.2) is 34.9 Å². The number of likely N-dealkylation sites (tertiary alicyclic amines) is 1. The summed E-state index contributed by atoms with van der Waals surface area (Å²) in [5.74, 6) is 0.334. The van der Waals surface area contributed by atoms with Gasteiger partial charge in [-0.2, -0.15) is 0 Å². The normalized spacial score (nSPS) is 15.3. The van der Waals surface area contributed by atoms with Gasteiger partial charge in [-0.25, -0.2) is 0 Å². The molecule has 0 spiro atoms. The number of carbonyl (C=O) groups excluding carboxylic acids is 1. The predicted octanol–water partition coefficient (Wildman–Crippen LogP) is 3.41. The van der Waals surface area contributed by atoms with E-state index in [2.05, 4.69) is 15.4 Å². The maximum atomic E-state index is 12.6. The number of nitrogens with one attached hydrogen (secondary N) is 1.